The molecule has 2 aromatic heterocycles. The zero-order valence-corrected chi connectivity index (χ0v) is 17.8. The Morgan fingerprint density at radius 3 is 2.83 bits per heavy atom. The first-order valence-electron chi connectivity index (χ1n) is 10.2. The average molecular weight is 414 g/mol. The molecule has 1 aliphatic rings. The van der Waals surface area contributed by atoms with Crippen LogP contribution in [-0.2, 0) is 11.3 Å². The Labute approximate surface area is 174 Å². The third-order valence-corrected chi connectivity index (χ3v) is 6.20. The molecule has 0 aliphatic carbocycles. The molecular formula is C21H27N5O2S. The minimum absolute atomic E-state index is 0.0338. The van der Waals surface area contributed by atoms with E-state index in [9.17, 15) is 4.79 Å². The molecule has 1 aromatic carbocycles. The molecule has 4 rings (SSSR count). The largest absolute Gasteiger partial charge is 0.379 e. The molecule has 1 aliphatic heterocycles. The van der Waals surface area contributed by atoms with Crippen molar-refractivity contribution >= 4 is 32.6 Å². The van der Waals surface area contributed by atoms with Crippen LogP contribution < -0.4 is 4.90 Å². The van der Waals surface area contributed by atoms with Crippen molar-refractivity contribution in [1.29, 1.82) is 0 Å². The lowest BCUT2D eigenvalue weighted by Crippen LogP contribution is -2.39. The summed E-state index contributed by atoms with van der Waals surface area (Å²) < 4.78 is 8.30. The maximum absolute atomic E-state index is 13.5. The van der Waals surface area contributed by atoms with E-state index >= 15 is 0 Å². The molecule has 0 radical (unpaired) electrons. The van der Waals surface area contributed by atoms with Gasteiger partial charge in [-0.15, -0.1) is 0 Å². The molecule has 29 heavy (non-hydrogen) atoms. The Kier molecular flexibility index (Phi) is 6.22. The van der Waals surface area contributed by atoms with Crippen molar-refractivity contribution in [2.24, 2.45) is 0 Å². The van der Waals surface area contributed by atoms with Gasteiger partial charge in [-0.25, -0.2) is 4.98 Å². The summed E-state index contributed by atoms with van der Waals surface area (Å²) in [6, 6.07) is 9.89. The summed E-state index contributed by atoms with van der Waals surface area (Å²) in [5.74, 6) is -0.0338. The molecule has 1 amide bonds. The Morgan fingerprint density at radius 2 is 2.07 bits per heavy atom. The molecule has 154 valence electrons. The number of morpholine rings is 1. The van der Waals surface area contributed by atoms with Crippen LogP contribution in [0.3, 0.4) is 0 Å². The summed E-state index contributed by atoms with van der Waals surface area (Å²) >= 11 is 1.57. The molecule has 0 N–H and O–H groups in total. The van der Waals surface area contributed by atoms with Crippen molar-refractivity contribution in [1.82, 2.24) is 19.7 Å². The summed E-state index contributed by atoms with van der Waals surface area (Å²) in [4.78, 5) is 22.5. The second kappa shape index (κ2) is 9.02. The molecule has 0 atom stereocenters. The number of rotatable bonds is 7. The van der Waals surface area contributed by atoms with Gasteiger partial charge in [0.1, 0.15) is 5.69 Å². The molecule has 0 unspecified atom stereocenters. The average Bonchev–Trinajstić information content (AvgIpc) is 3.34. The van der Waals surface area contributed by atoms with Crippen molar-refractivity contribution in [2.45, 2.75) is 26.8 Å². The van der Waals surface area contributed by atoms with E-state index in [0.717, 1.165) is 60.3 Å². The van der Waals surface area contributed by atoms with Gasteiger partial charge in [-0.1, -0.05) is 23.5 Å². The Balaban J connectivity index is 1.58. The molecule has 1 fully saturated rings. The predicted molar refractivity (Wildman–Crippen MR) is 116 cm³/mol. The number of fused-ring (bicyclic) bond motifs is 1. The minimum Gasteiger partial charge on any atom is -0.379 e. The summed E-state index contributed by atoms with van der Waals surface area (Å²) in [5.41, 5.74) is 2.40. The van der Waals surface area contributed by atoms with Crippen LogP contribution in [0, 0.1) is 6.92 Å². The number of aryl methyl sites for hydroxylation is 2. The highest BCUT2D eigenvalue weighted by molar-refractivity contribution is 7.22. The number of carbonyl (C=O) groups is 1. The van der Waals surface area contributed by atoms with E-state index in [0.29, 0.717) is 18.8 Å². The lowest BCUT2D eigenvalue weighted by molar-refractivity contribution is 0.0376. The number of hydrogen-bond donors (Lipinski definition) is 0. The first-order valence-corrected chi connectivity index (χ1v) is 11.0. The third kappa shape index (κ3) is 4.49. The van der Waals surface area contributed by atoms with Crippen molar-refractivity contribution in [2.75, 3.05) is 44.3 Å². The maximum atomic E-state index is 13.5. The van der Waals surface area contributed by atoms with Gasteiger partial charge in [0.15, 0.2) is 5.13 Å². The van der Waals surface area contributed by atoms with Crippen molar-refractivity contribution < 1.29 is 9.53 Å². The van der Waals surface area contributed by atoms with Gasteiger partial charge in [0.05, 0.1) is 29.1 Å². The van der Waals surface area contributed by atoms with E-state index in [2.05, 4.69) is 10.00 Å². The number of carbonyl (C=O) groups excluding carboxylic acids is 1. The maximum Gasteiger partial charge on any atom is 0.278 e. The highest BCUT2D eigenvalue weighted by atomic mass is 32.1. The lowest BCUT2D eigenvalue weighted by atomic mass is 10.3. The molecule has 3 aromatic rings. The van der Waals surface area contributed by atoms with Gasteiger partial charge in [-0.2, -0.15) is 5.10 Å². The van der Waals surface area contributed by atoms with Crippen LogP contribution in [0.1, 0.15) is 29.5 Å². The predicted octanol–water partition coefficient (Wildman–Crippen LogP) is 3.19. The number of ether oxygens (including phenoxy) is 1. The Bertz CT molecular complexity index is 944. The van der Waals surface area contributed by atoms with Crippen molar-refractivity contribution in [3.8, 4) is 0 Å². The normalized spacial score (nSPS) is 15.1. The fraction of sp³-hybridized carbons (Fsp3) is 0.476. The van der Waals surface area contributed by atoms with Gasteiger partial charge in [0.2, 0.25) is 0 Å². The third-order valence-electron chi connectivity index (χ3n) is 5.14. The molecule has 0 bridgehead atoms. The number of nitrogens with zero attached hydrogens (tertiary/aromatic N) is 5. The van der Waals surface area contributed by atoms with Crippen molar-refractivity contribution in [3.05, 3.63) is 41.7 Å². The number of amides is 1. The second-order valence-corrected chi connectivity index (χ2v) is 8.22. The van der Waals surface area contributed by atoms with E-state index in [-0.39, 0.29) is 5.91 Å². The molecule has 7 nitrogen and oxygen atoms in total. The summed E-state index contributed by atoms with van der Waals surface area (Å²) in [6.45, 7) is 9.65. The molecule has 8 heteroatoms. The first-order chi connectivity index (χ1) is 14.2. The number of hydrogen-bond acceptors (Lipinski definition) is 6. The van der Waals surface area contributed by atoms with Gasteiger partial charge in [0, 0.05) is 32.7 Å². The number of anilines is 1. The van der Waals surface area contributed by atoms with Crippen molar-refractivity contribution in [3.63, 3.8) is 0 Å². The van der Waals surface area contributed by atoms with E-state index in [1.165, 1.54) is 0 Å². The first kappa shape index (κ1) is 20.0. The summed E-state index contributed by atoms with van der Waals surface area (Å²) in [6.07, 6.45) is 0.890. The van der Waals surface area contributed by atoms with Crippen LogP contribution in [0.5, 0.6) is 0 Å². The number of para-hydroxylation sites is 1. The van der Waals surface area contributed by atoms with Crippen LogP contribution in [0.25, 0.3) is 10.2 Å². The zero-order valence-electron chi connectivity index (χ0n) is 17.0. The lowest BCUT2D eigenvalue weighted by Gasteiger charge is -2.27. The number of thiazole rings is 1. The van der Waals surface area contributed by atoms with Crippen LogP contribution in [0.15, 0.2) is 30.3 Å². The van der Waals surface area contributed by atoms with E-state index in [4.69, 9.17) is 9.72 Å². The van der Waals surface area contributed by atoms with Gasteiger partial charge < -0.3 is 4.74 Å². The second-order valence-electron chi connectivity index (χ2n) is 7.22. The van der Waals surface area contributed by atoms with E-state index < -0.39 is 0 Å². The smallest absolute Gasteiger partial charge is 0.278 e. The van der Waals surface area contributed by atoms with Crippen LogP contribution >= 0.6 is 11.3 Å². The molecule has 0 saturated carbocycles. The molecule has 1 saturated heterocycles. The Morgan fingerprint density at radius 1 is 1.28 bits per heavy atom. The molecular weight excluding hydrogens is 386 g/mol. The highest BCUT2D eigenvalue weighted by Gasteiger charge is 2.25. The molecule has 0 spiro atoms. The van der Waals surface area contributed by atoms with Gasteiger partial charge in [-0.3, -0.25) is 19.3 Å². The topological polar surface area (TPSA) is 63.5 Å². The monoisotopic (exact) mass is 413 g/mol. The Hall–Kier alpha value is -2.29. The standard InChI is InChI=1S/C21H27N5O2S/c1-3-26-18(15-16(2)23-26)20(27)25(10-6-9-24-11-13-28-14-12-24)21-22-17-7-4-5-8-19(17)29-21/h4-5,7-8,15H,3,6,9-14H2,1-2H3. The van der Waals surface area contributed by atoms with E-state index in [1.54, 1.807) is 16.0 Å². The minimum atomic E-state index is -0.0338. The SMILES string of the molecule is CCn1nc(C)cc1C(=O)N(CCCN1CCOCC1)c1nc2ccccc2s1. The van der Waals surface area contributed by atoms with Gasteiger partial charge >= 0.3 is 0 Å². The van der Waals surface area contributed by atoms with Gasteiger partial charge in [0.25, 0.3) is 5.91 Å². The van der Waals surface area contributed by atoms with Gasteiger partial charge in [-0.05, 0) is 38.5 Å². The zero-order chi connectivity index (χ0) is 20.2. The number of benzene rings is 1. The summed E-state index contributed by atoms with van der Waals surface area (Å²) in [5, 5.41) is 5.20. The quantitative estimate of drug-likeness (QED) is 0.595. The van der Waals surface area contributed by atoms with Crippen LogP contribution in [-0.4, -0.2) is 65.0 Å². The highest BCUT2D eigenvalue weighted by Crippen LogP contribution is 2.30. The fourth-order valence-corrected chi connectivity index (χ4v) is 4.62. The fourth-order valence-electron chi connectivity index (χ4n) is 3.63. The van der Waals surface area contributed by atoms with Crippen LogP contribution in [0.4, 0.5) is 5.13 Å². The summed E-state index contributed by atoms with van der Waals surface area (Å²) in [7, 11) is 0. The van der Waals surface area contributed by atoms with Crippen LogP contribution in [0.2, 0.25) is 0 Å². The van der Waals surface area contributed by atoms with E-state index in [1.807, 2.05) is 49.1 Å². The molecule has 3 heterocycles. The number of aromatic nitrogens is 3.